The fraction of sp³-hybridized carbons (Fsp3) is 0.625. The average Bonchev–Trinajstić information content (AvgIpc) is 2.98. The number of fused-ring (bicyclic) bond motifs is 2. The summed E-state index contributed by atoms with van der Waals surface area (Å²) in [5, 5.41) is 0. The number of benzene rings is 1. The van der Waals surface area contributed by atoms with Crippen LogP contribution in [0.15, 0.2) is 24.3 Å². The van der Waals surface area contributed by atoms with E-state index >= 15 is 0 Å². The molecule has 1 aromatic rings. The maximum atomic E-state index is 6.06. The van der Waals surface area contributed by atoms with E-state index in [4.69, 9.17) is 4.74 Å². The van der Waals surface area contributed by atoms with Crippen LogP contribution < -0.4 is 4.74 Å². The molecular formula is C16H22O. The second-order valence-corrected chi connectivity index (χ2v) is 5.71. The lowest BCUT2D eigenvalue weighted by molar-refractivity contribution is 0.194. The van der Waals surface area contributed by atoms with Crippen LogP contribution in [-0.4, -0.2) is 6.61 Å². The molecule has 2 saturated carbocycles. The molecule has 2 aliphatic rings. The lowest BCUT2D eigenvalue weighted by Gasteiger charge is -2.22. The molecule has 2 aliphatic carbocycles. The molecule has 0 amide bonds. The molecule has 0 saturated heterocycles. The minimum Gasteiger partial charge on any atom is -0.493 e. The first-order chi connectivity index (χ1) is 8.36. The van der Waals surface area contributed by atoms with Gasteiger partial charge in [-0.15, -0.1) is 0 Å². The third-order valence-electron chi connectivity index (χ3n) is 4.69. The smallest absolute Gasteiger partial charge is 0.122 e. The molecule has 3 atom stereocenters. The minimum absolute atomic E-state index is 0.832. The number of aryl methyl sites for hydroxylation is 1. The molecule has 2 bridgehead atoms. The molecule has 2 fully saturated rings. The van der Waals surface area contributed by atoms with E-state index in [0.717, 1.165) is 36.5 Å². The van der Waals surface area contributed by atoms with Crippen molar-refractivity contribution in [1.82, 2.24) is 0 Å². The molecule has 92 valence electrons. The van der Waals surface area contributed by atoms with Crippen molar-refractivity contribution in [3.05, 3.63) is 29.8 Å². The van der Waals surface area contributed by atoms with Crippen molar-refractivity contribution in [3.63, 3.8) is 0 Å². The molecule has 0 aliphatic heterocycles. The summed E-state index contributed by atoms with van der Waals surface area (Å²) in [6.45, 7) is 3.14. The van der Waals surface area contributed by atoms with E-state index in [1.165, 1.54) is 31.2 Å². The standard InChI is InChI=1S/C16H22O/c1-2-13-5-3-4-6-16(13)17-11-15-10-12-7-8-14(15)9-12/h3-6,12,14-15H,2,7-11H2,1H3. The molecule has 0 aromatic heterocycles. The van der Waals surface area contributed by atoms with E-state index in [1.54, 1.807) is 0 Å². The Hall–Kier alpha value is -0.980. The van der Waals surface area contributed by atoms with Gasteiger partial charge in [0.15, 0.2) is 0 Å². The van der Waals surface area contributed by atoms with Crippen LogP contribution in [0.3, 0.4) is 0 Å². The van der Waals surface area contributed by atoms with Gasteiger partial charge in [0, 0.05) is 0 Å². The van der Waals surface area contributed by atoms with E-state index in [9.17, 15) is 0 Å². The summed E-state index contributed by atoms with van der Waals surface area (Å²) < 4.78 is 6.06. The van der Waals surface area contributed by atoms with Crippen LogP contribution in [0.2, 0.25) is 0 Å². The highest BCUT2D eigenvalue weighted by atomic mass is 16.5. The molecule has 1 aromatic carbocycles. The van der Waals surface area contributed by atoms with Crippen molar-refractivity contribution in [2.75, 3.05) is 6.61 Å². The molecule has 1 heteroatoms. The molecule has 0 radical (unpaired) electrons. The van der Waals surface area contributed by atoms with Gasteiger partial charge >= 0.3 is 0 Å². The number of para-hydroxylation sites is 1. The number of ether oxygens (including phenoxy) is 1. The molecule has 3 unspecified atom stereocenters. The van der Waals surface area contributed by atoms with Crippen LogP contribution >= 0.6 is 0 Å². The predicted octanol–water partition coefficient (Wildman–Crippen LogP) is 4.06. The van der Waals surface area contributed by atoms with Crippen molar-refractivity contribution < 1.29 is 4.74 Å². The summed E-state index contributed by atoms with van der Waals surface area (Å²) in [5.41, 5.74) is 1.34. The van der Waals surface area contributed by atoms with Crippen molar-refractivity contribution in [2.45, 2.75) is 39.0 Å². The van der Waals surface area contributed by atoms with Gasteiger partial charge in [-0.3, -0.25) is 0 Å². The first kappa shape index (κ1) is 11.1. The number of hydrogen-bond donors (Lipinski definition) is 0. The van der Waals surface area contributed by atoms with Gasteiger partial charge in [-0.2, -0.15) is 0 Å². The van der Waals surface area contributed by atoms with Gasteiger partial charge in [0.2, 0.25) is 0 Å². The quantitative estimate of drug-likeness (QED) is 0.757. The summed E-state index contributed by atoms with van der Waals surface area (Å²) in [7, 11) is 0. The molecule has 0 spiro atoms. The molecule has 0 heterocycles. The zero-order valence-corrected chi connectivity index (χ0v) is 10.7. The third kappa shape index (κ3) is 2.20. The van der Waals surface area contributed by atoms with Crippen LogP contribution in [0.1, 0.15) is 38.2 Å². The van der Waals surface area contributed by atoms with E-state index in [2.05, 4.69) is 31.2 Å². The Morgan fingerprint density at radius 2 is 2.06 bits per heavy atom. The molecule has 0 N–H and O–H groups in total. The van der Waals surface area contributed by atoms with Crippen molar-refractivity contribution in [3.8, 4) is 5.75 Å². The summed E-state index contributed by atoms with van der Waals surface area (Å²) in [6, 6.07) is 8.47. The monoisotopic (exact) mass is 230 g/mol. The highest BCUT2D eigenvalue weighted by Crippen LogP contribution is 2.48. The summed E-state index contributed by atoms with van der Waals surface area (Å²) in [6.07, 6.45) is 6.89. The van der Waals surface area contributed by atoms with Crippen LogP contribution in [0.25, 0.3) is 0 Å². The topological polar surface area (TPSA) is 9.23 Å². The predicted molar refractivity (Wildman–Crippen MR) is 70.3 cm³/mol. The van der Waals surface area contributed by atoms with Crippen molar-refractivity contribution in [1.29, 1.82) is 0 Å². The molecule has 3 rings (SSSR count). The fourth-order valence-corrected chi connectivity index (χ4v) is 3.71. The first-order valence-corrected chi connectivity index (χ1v) is 7.07. The highest BCUT2D eigenvalue weighted by molar-refractivity contribution is 5.33. The summed E-state index contributed by atoms with van der Waals surface area (Å²) >= 11 is 0. The third-order valence-corrected chi connectivity index (χ3v) is 4.69. The second-order valence-electron chi connectivity index (χ2n) is 5.71. The van der Waals surface area contributed by atoms with Crippen LogP contribution in [0.5, 0.6) is 5.75 Å². The van der Waals surface area contributed by atoms with E-state index in [0.29, 0.717) is 0 Å². The normalized spacial score (nSPS) is 30.8. The average molecular weight is 230 g/mol. The van der Waals surface area contributed by atoms with Gasteiger partial charge in [0.25, 0.3) is 0 Å². The van der Waals surface area contributed by atoms with Gasteiger partial charge in [-0.25, -0.2) is 0 Å². The summed E-state index contributed by atoms with van der Waals surface area (Å²) in [4.78, 5) is 0. The van der Waals surface area contributed by atoms with E-state index in [1.807, 2.05) is 0 Å². The van der Waals surface area contributed by atoms with Crippen LogP contribution in [0, 0.1) is 17.8 Å². The van der Waals surface area contributed by atoms with Gasteiger partial charge in [-0.1, -0.05) is 31.5 Å². The molecule has 17 heavy (non-hydrogen) atoms. The Balaban J connectivity index is 1.60. The number of rotatable bonds is 4. The lowest BCUT2D eigenvalue weighted by Crippen LogP contribution is -2.18. The molecule has 1 nitrogen and oxygen atoms in total. The Morgan fingerprint density at radius 3 is 2.76 bits per heavy atom. The Morgan fingerprint density at radius 1 is 1.18 bits per heavy atom. The van der Waals surface area contributed by atoms with E-state index < -0.39 is 0 Å². The van der Waals surface area contributed by atoms with Crippen LogP contribution in [-0.2, 0) is 6.42 Å². The largest absolute Gasteiger partial charge is 0.493 e. The van der Waals surface area contributed by atoms with Crippen molar-refractivity contribution in [2.24, 2.45) is 17.8 Å². The minimum atomic E-state index is 0.832. The zero-order chi connectivity index (χ0) is 11.7. The lowest BCUT2D eigenvalue weighted by atomic mass is 9.89. The van der Waals surface area contributed by atoms with Gasteiger partial charge in [0.1, 0.15) is 5.75 Å². The fourth-order valence-electron chi connectivity index (χ4n) is 3.71. The van der Waals surface area contributed by atoms with Crippen molar-refractivity contribution >= 4 is 0 Å². The Labute approximate surface area is 104 Å². The zero-order valence-electron chi connectivity index (χ0n) is 10.7. The SMILES string of the molecule is CCc1ccccc1OCC1CC2CCC1C2. The van der Waals surface area contributed by atoms with Crippen LogP contribution in [0.4, 0.5) is 0 Å². The second kappa shape index (κ2) is 4.72. The Kier molecular flexibility index (Phi) is 3.09. The highest BCUT2D eigenvalue weighted by Gasteiger charge is 2.39. The molecular weight excluding hydrogens is 208 g/mol. The van der Waals surface area contributed by atoms with Gasteiger partial charge in [0.05, 0.1) is 6.61 Å². The summed E-state index contributed by atoms with van der Waals surface area (Å²) in [5.74, 6) is 3.93. The maximum absolute atomic E-state index is 6.06. The van der Waals surface area contributed by atoms with Gasteiger partial charge < -0.3 is 4.74 Å². The Bertz CT molecular complexity index is 385. The number of hydrogen-bond acceptors (Lipinski definition) is 1. The van der Waals surface area contributed by atoms with Gasteiger partial charge in [-0.05, 0) is 55.1 Å². The van der Waals surface area contributed by atoms with E-state index in [-0.39, 0.29) is 0 Å². The maximum Gasteiger partial charge on any atom is 0.122 e. The first-order valence-electron chi connectivity index (χ1n) is 7.07.